The fraction of sp³-hybridized carbons (Fsp3) is 0.385. The van der Waals surface area contributed by atoms with Gasteiger partial charge in [0.15, 0.2) is 0 Å². The summed E-state index contributed by atoms with van der Waals surface area (Å²) in [5.41, 5.74) is 0.997. The summed E-state index contributed by atoms with van der Waals surface area (Å²) >= 11 is 6.92. The van der Waals surface area contributed by atoms with Gasteiger partial charge in [-0.25, -0.2) is 4.98 Å². The molecule has 194 valence electrons. The van der Waals surface area contributed by atoms with Crippen LogP contribution in [0.25, 0.3) is 11.0 Å². The van der Waals surface area contributed by atoms with Gasteiger partial charge in [-0.15, -0.1) is 0 Å². The number of aromatic nitrogens is 3. The highest BCUT2D eigenvalue weighted by atomic mass is 35.5. The van der Waals surface area contributed by atoms with Crippen molar-refractivity contribution in [2.75, 3.05) is 31.6 Å². The maximum Gasteiger partial charge on any atom is 0.258 e. The number of imidazole rings is 1. The zero-order chi connectivity index (χ0) is 25.9. The fourth-order valence-electron chi connectivity index (χ4n) is 4.87. The van der Waals surface area contributed by atoms with Crippen molar-refractivity contribution in [2.24, 2.45) is 0 Å². The monoisotopic (exact) mass is 525 g/mol. The van der Waals surface area contributed by atoms with E-state index in [1.807, 2.05) is 4.57 Å². The van der Waals surface area contributed by atoms with Crippen LogP contribution in [0.2, 0.25) is 5.02 Å². The van der Waals surface area contributed by atoms with Gasteiger partial charge in [-0.05, 0) is 43.5 Å². The van der Waals surface area contributed by atoms with Crippen molar-refractivity contribution in [1.82, 2.24) is 19.4 Å². The van der Waals surface area contributed by atoms with Crippen molar-refractivity contribution in [1.29, 1.82) is 0 Å². The van der Waals surface area contributed by atoms with Gasteiger partial charge in [0.2, 0.25) is 17.4 Å². The molecule has 10 nitrogen and oxygen atoms in total. The van der Waals surface area contributed by atoms with Crippen molar-refractivity contribution in [3.63, 3.8) is 0 Å². The first-order valence-corrected chi connectivity index (χ1v) is 12.7. The van der Waals surface area contributed by atoms with Gasteiger partial charge < -0.3 is 23.9 Å². The molecule has 0 spiro atoms. The van der Waals surface area contributed by atoms with E-state index in [9.17, 15) is 14.4 Å². The molecule has 0 radical (unpaired) electrons. The van der Waals surface area contributed by atoms with E-state index in [-0.39, 0.29) is 35.1 Å². The summed E-state index contributed by atoms with van der Waals surface area (Å²) in [4.78, 5) is 46.3. The molecule has 11 heteroatoms. The smallest absolute Gasteiger partial charge is 0.258 e. The van der Waals surface area contributed by atoms with Crippen molar-refractivity contribution in [2.45, 2.75) is 37.8 Å². The number of hydrogen-bond acceptors (Lipinski definition) is 6. The number of carbonyl (C=O) groups excluding carboxylic acids is 2. The lowest BCUT2D eigenvalue weighted by Gasteiger charge is -2.26. The quantitative estimate of drug-likeness (QED) is 0.475. The van der Waals surface area contributed by atoms with Crippen molar-refractivity contribution in [3.05, 3.63) is 64.1 Å². The average Bonchev–Trinajstić information content (AvgIpc) is 3.46. The number of amides is 2. The molecule has 2 aromatic heterocycles. The Kier molecular flexibility index (Phi) is 7.29. The van der Waals surface area contributed by atoms with Crippen LogP contribution >= 0.6 is 11.6 Å². The Morgan fingerprint density at radius 3 is 2.89 bits per heavy atom. The van der Waals surface area contributed by atoms with E-state index in [0.717, 1.165) is 25.7 Å². The SMILES string of the molecule is C=CC(=O)N1CCCCC(n2c(NC(=O)c3cc[nH]c(=O)c3)nc3ccc(OC4CCOC4)c(Cl)c32)C1. The minimum atomic E-state index is -0.481. The van der Waals surface area contributed by atoms with Crippen molar-refractivity contribution in [3.8, 4) is 5.75 Å². The van der Waals surface area contributed by atoms with Crippen LogP contribution < -0.4 is 15.6 Å². The highest BCUT2D eigenvalue weighted by Gasteiger charge is 2.29. The van der Waals surface area contributed by atoms with Gasteiger partial charge in [0.1, 0.15) is 16.9 Å². The number of nitrogens with one attached hydrogen (secondary N) is 2. The van der Waals surface area contributed by atoms with Crippen LogP contribution in [-0.4, -0.2) is 63.7 Å². The molecular formula is C26H28ClN5O5. The van der Waals surface area contributed by atoms with Crippen LogP contribution in [0.4, 0.5) is 5.95 Å². The molecule has 2 fully saturated rings. The molecule has 0 aliphatic carbocycles. The standard InChI is InChI=1S/C26H28ClN5O5/c1-2-22(34)31-11-4-3-5-17(14-31)32-24-19(6-7-20(23(24)27)37-18-9-12-36-15-18)29-26(32)30-25(35)16-8-10-28-21(33)13-16/h2,6-8,10,13,17-18H,1,3-5,9,11-12,14-15H2,(H,28,33)(H,29,30,35). The van der Waals surface area contributed by atoms with Crippen LogP contribution in [0.5, 0.6) is 5.75 Å². The van der Waals surface area contributed by atoms with E-state index in [1.54, 1.807) is 17.0 Å². The lowest BCUT2D eigenvalue weighted by atomic mass is 10.1. The van der Waals surface area contributed by atoms with E-state index in [1.165, 1.54) is 24.4 Å². The number of carbonyl (C=O) groups is 2. The number of aromatic amines is 1. The van der Waals surface area contributed by atoms with Gasteiger partial charge in [-0.1, -0.05) is 18.2 Å². The average molecular weight is 526 g/mol. The zero-order valence-electron chi connectivity index (χ0n) is 20.2. The summed E-state index contributed by atoms with van der Waals surface area (Å²) in [7, 11) is 0. The molecule has 2 unspecified atom stereocenters. The van der Waals surface area contributed by atoms with E-state index in [2.05, 4.69) is 21.9 Å². The number of benzene rings is 1. The number of pyridine rings is 1. The van der Waals surface area contributed by atoms with E-state index in [0.29, 0.717) is 48.1 Å². The second-order valence-corrected chi connectivity index (χ2v) is 9.57. The normalized spacial score (nSPS) is 20.0. The predicted octanol–water partition coefficient (Wildman–Crippen LogP) is 3.54. The molecule has 5 rings (SSSR count). The predicted molar refractivity (Wildman–Crippen MR) is 139 cm³/mol. The summed E-state index contributed by atoms with van der Waals surface area (Å²) in [6.07, 6.45) is 5.87. The Morgan fingerprint density at radius 1 is 1.27 bits per heavy atom. The fourth-order valence-corrected chi connectivity index (χ4v) is 5.16. The molecule has 2 amide bonds. The number of hydrogen-bond donors (Lipinski definition) is 2. The second kappa shape index (κ2) is 10.8. The van der Waals surface area contributed by atoms with Gasteiger partial charge in [0, 0.05) is 37.3 Å². The molecule has 2 saturated heterocycles. The molecule has 2 atom stereocenters. The lowest BCUT2D eigenvalue weighted by molar-refractivity contribution is -0.126. The highest BCUT2D eigenvalue weighted by molar-refractivity contribution is 6.36. The topological polar surface area (TPSA) is 119 Å². The number of fused-ring (bicyclic) bond motifs is 1. The van der Waals surface area contributed by atoms with Gasteiger partial charge in [-0.2, -0.15) is 0 Å². The number of likely N-dealkylation sites (tertiary alicyclic amines) is 1. The molecule has 0 saturated carbocycles. The Morgan fingerprint density at radius 2 is 2.14 bits per heavy atom. The molecule has 37 heavy (non-hydrogen) atoms. The number of halogens is 1. The summed E-state index contributed by atoms with van der Waals surface area (Å²) < 4.78 is 13.4. The maximum absolute atomic E-state index is 13.1. The first-order valence-electron chi connectivity index (χ1n) is 12.3. The zero-order valence-corrected chi connectivity index (χ0v) is 21.0. The number of rotatable bonds is 6. The number of H-pyrrole nitrogens is 1. The summed E-state index contributed by atoms with van der Waals surface area (Å²) in [5.74, 6) is 0.153. The van der Waals surface area contributed by atoms with Crippen LogP contribution in [0, 0.1) is 0 Å². The highest BCUT2D eigenvalue weighted by Crippen LogP contribution is 2.39. The number of nitrogens with zero attached hydrogens (tertiary/aromatic N) is 3. The number of anilines is 1. The molecule has 0 bridgehead atoms. The van der Waals surface area contributed by atoms with Gasteiger partial charge in [0.25, 0.3) is 5.91 Å². The van der Waals surface area contributed by atoms with Crippen molar-refractivity contribution >= 4 is 40.4 Å². The van der Waals surface area contributed by atoms with Crippen LogP contribution in [0.1, 0.15) is 42.1 Å². The molecule has 2 N–H and O–H groups in total. The first kappa shape index (κ1) is 25.0. The second-order valence-electron chi connectivity index (χ2n) is 9.19. The number of ether oxygens (including phenoxy) is 2. The Labute approximate surface area is 218 Å². The van der Waals surface area contributed by atoms with Crippen LogP contribution in [0.15, 0.2) is 47.9 Å². The first-order chi connectivity index (χ1) is 17.9. The molecule has 2 aliphatic rings. The molecule has 1 aromatic carbocycles. The summed E-state index contributed by atoms with van der Waals surface area (Å²) in [5, 5.41) is 3.23. The molecular weight excluding hydrogens is 498 g/mol. The van der Waals surface area contributed by atoms with Crippen LogP contribution in [-0.2, 0) is 9.53 Å². The minimum Gasteiger partial charge on any atom is -0.486 e. The van der Waals surface area contributed by atoms with Gasteiger partial charge in [0.05, 0.1) is 30.3 Å². The Hall–Kier alpha value is -3.63. The lowest BCUT2D eigenvalue weighted by Crippen LogP contribution is -2.34. The molecule has 4 heterocycles. The molecule has 2 aliphatic heterocycles. The summed E-state index contributed by atoms with van der Waals surface area (Å²) in [6, 6.07) is 6.09. The molecule has 3 aromatic rings. The van der Waals surface area contributed by atoms with Crippen molar-refractivity contribution < 1.29 is 19.1 Å². The van der Waals surface area contributed by atoms with E-state index in [4.69, 9.17) is 21.1 Å². The van der Waals surface area contributed by atoms with E-state index >= 15 is 0 Å². The third-order valence-corrected chi connectivity index (χ3v) is 7.06. The maximum atomic E-state index is 13.1. The van der Waals surface area contributed by atoms with Gasteiger partial charge in [-0.3, -0.25) is 19.7 Å². The van der Waals surface area contributed by atoms with Crippen LogP contribution in [0.3, 0.4) is 0 Å². The van der Waals surface area contributed by atoms with Gasteiger partial charge >= 0.3 is 0 Å². The Balaban J connectivity index is 1.59. The Bertz CT molecular complexity index is 1390. The largest absolute Gasteiger partial charge is 0.486 e. The third kappa shape index (κ3) is 5.26. The summed E-state index contributed by atoms with van der Waals surface area (Å²) in [6.45, 7) is 5.78. The third-order valence-electron chi connectivity index (χ3n) is 6.70. The van der Waals surface area contributed by atoms with E-state index < -0.39 is 5.91 Å². The minimum absolute atomic E-state index is 0.0970.